The van der Waals surface area contributed by atoms with Crippen LogP contribution in [0.3, 0.4) is 0 Å². The van der Waals surface area contributed by atoms with Gasteiger partial charge in [-0.3, -0.25) is 4.79 Å². The molecule has 0 spiro atoms. The van der Waals surface area contributed by atoms with E-state index in [-0.39, 0.29) is 36.4 Å². The number of esters is 1. The smallest absolute Gasteiger partial charge is 0.309 e. The Hall–Kier alpha value is -2.99. The molecule has 0 aliphatic carbocycles. The molecule has 6 atom stereocenters. The van der Waals surface area contributed by atoms with E-state index in [0.717, 1.165) is 16.7 Å². The molecule has 0 aromatic heterocycles. The predicted molar refractivity (Wildman–Crippen MR) is 135 cm³/mol. The van der Waals surface area contributed by atoms with Crippen LogP contribution in [0.4, 0.5) is 0 Å². The highest BCUT2D eigenvalue weighted by Crippen LogP contribution is 2.46. The highest BCUT2D eigenvalue weighted by Gasteiger charge is 2.48. The van der Waals surface area contributed by atoms with Gasteiger partial charge in [0.25, 0.3) is 0 Å². The second kappa shape index (κ2) is 12.1. The van der Waals surface area contributed by atoms with E-state index in [4.69, 9.17) is 18.9 Å². The van der Waals surface area contributed by atoms with Gasteiger partial charge >= 0.3 is 5.97 Å². The third kappa shape index (κ3) is 5.99. The first-order valence-corrected chi connectivity index (χ1v) is 12.1. The van der Waals surface area contributed by atoms with Crippen molar-refractivity contribution < 1.29 is 23.7 Å². The summed E-state index contributed by atoms with van der Waals surface area (Å²) >= 11 is 0. The zero-order valence-corrected chi connectivity index (χ0v) is 20.6. The molecule has 1 saturated heterocycles. The van der Waals surface area contributed by atoms with Crippen molar-refractivity contribution in [1.82, 2.24) is 0 Å². The van der Waals surface area contributed by atoms with Gasteiger partial charge in [-0.25, -0.2) is 0 Å². The van der Waals surface area contributed by atoms with E-state index in [1.54, 1.807) is 14.2 Å². The maximum absolute atomic E-state index is 12.8. The van der Waals surface area contributed by atoms with Crippen LogP contribution in [0.25, 0.3) is 0 Å². The molecule has 0 bridgehead atoms. The molecule has 1 aliphatic heterocycles. The predicted octanol–water partition coefficient (Wildman–Crippen LogP) is 5.36. The van der Waals surface area contributed by atoms with Crippen LogP contribution in [0.2, 0.25) is 0 Å². The van der Waals surface area contributed by atoms with Gasteiger partial charge in [-0.15, -0.1) is 0 Å². The average molecular weight is 475 g/mol. The van der Waals surface area contributed by atoms with Crippen LogP contribution in [0, 0.1) is 5.92 Å². The number of rotatable bonds is 9. The Morgan fingerprint density at radius 1 is 0.800 bits per heavy atom. The number of carbonyl (C=O) groups is 1. The number of hydrogen-bond acceptors (Lipinski definition) is 5. The van der Waals surface area contributed by atoms with Gasteiger partial charge in [0.05, 0.1) is 12.0 Å². The fourth-order valence-electron chi connectivity index (χ4n) is 5.04. The van der Waals surface area contributed by atoms with Crippen LogP contribution in [0.15, 0.2) is 91.0 Å². The van der Waals surface area contributed by atoms with Gasteiger partial charge in [0, 0.05) is 26.1 Å². The van der Waals surface area contributed by atoms with Gasteiger partial charge in [-0.05, 0) is 23.1 Å². The molecule has 35 heavy (non-hydrogen) atoms. The van der Waals surface area contributed by atoms with E-state index in [1.165, 1.54) is 0 Å². The van der Waals surface area contributed by atoms with E-state index in [2.05, 4.69) is 24.3 Å². The monoisotopic (exact) mass is 474 g/mol. The normalized spacial score (nSPS) is 25.1. The first-order valence-electron chi connectivity index (χ1n) is 12.1. The lowest BCUT2D eigenvalue weighted by Gasteiger charge is -2.46. The Bertz CT molecular complexity index is 1040. The topological polar surface area (TPSA) is 54.0 Å². The molecule has 3 aromatic rings. The van der Waals surface area contributed by atoms with E-state index in [0.29, 0.717) is 6.42 Å². The molecule has 5 heteroatoms. The summed E-state index contributed by atoms with van der Waals surface area (Å²) in [5, 5.41) is 0. The zero-order chi connectivity index (χ0) is 24.6. The maximum atomic E-state index is 12.8. The Morgan fingerprint density at radius 3 is 1.89 bits per heavy atom. The molecule has 0 saturated carbocycles. The third-order valence-electron chi connectivity index (χ3n) is 6.76. The number of carbonyl (C=O) groups excluding carboxylic acids is 1. The lowest BCUT2D eigenvalue weighted by molar-refractivity contribution is -0.244. The van der Waals surface area contributed by atoms with Gasteiger partial charge in [0.1, 0.15) is 12.7 Å². The minimum absolute atomic E-state index is 0.0484. The van der Waals surface area contributed by atoms with E-state index in [1.807, 2.05) is 73.7 Å². The summed E-state index contributed by atoms with van der Waals surface area (Å²) in [5.74, 6) is -0.643. The Kier molecular flexibility index (Phi) is 8.69. The SMILES string of the molecule is CO[C@@H]1OC(COC(=O)[C@@H](C)Cc2ccccc2)[C@@H](OC)[C@H](c2ccccc2)C1c1ccccc1. The van der Waals surface area contributed by atoms with Crippen LogP contribution in [0.5, 0.6) is 0 Å². The van der Waals surface area contributed by atoms with Crippen LogP contribution < -0.4 is 0 Å². The van der Waals surface area contributed by atoms with Crippen LogP contribution in [-0.2, 0) is 30.2 Å². The van der Waals surface area contributed by atoms with Crippen LogP contribution >= 0.6 is 0 Å². The molecule has 0 amide bonds. The molecule has 2 unspecified atom stereocenters. The van der Waals surface area contributed by atoms with Crippen molar-refractivity contribution in [3.05, 3.63) is 108 Å². The second-order valence-corrected chi connectivity index (χ2v) is 9.07. The van der Waals surface area contributed by atoms with Crippen molar-refractivity contribution in [2.24, 2.45) is 5.92 Å². The largest absolute Gasteiger partial charge is 0.463 e. The number of ether oxygens (including phenoxy) is 4. The van der Waals surface area contributed by atoms with Crippen molar-refractivity contribution in [3.63, 3.8) is 0 Å². The van der Waals surface area contributed by atoms with Crippen molar-refractivity contribution in [2.45, 2.75) is 43.7 Å². The molecule has 4 rings (SSSR count). The first-order chi connectivity index (χ1) is 17.1. The Labute approximate surface area is 208 Å². The molecular weight excluding hydrogens is 440 g/mol. The number of methoxy groups -OCH3 is 2. The summed E-state index contributed by atoms with van der Waals surface area (Å²) in [4.78, 5) is 12.8. The van der Waals surface area contributed by atoms with E-state index < -0.39 is 12.4 Å². The first kappa shape index (κ1) is 25.1. The third-order valence-corrected chi connectivity index (χ3v) is 6.76. The number of benzene rings is 3. The molecular formula is C30H34O5. The molecule has 1 aliphatic rings. The van der Waals surface area contributed by atoms with E-state index in [9.17, 15) is 4.79 Å². The van der Waals surface area contributed by atoms with Crippen LogP contribution in [0.1, 0.15) is 35.4 Å². The maximum Gasteiger partial charge on any atom is 0.309 e. The van der Waals surface area contributed by atoms with E-state index >= 15 is 0 Å². The highest BCUT2D eigenvalue weighted by molar-refractivity contribution is 5.72. The summed E-state index contributed by atoms with van der Waals surface area (Å²) in [5.41, 5.74) is 3.35. The molecule has 3 aromatic carbocycles. The van der Waals surface area contributed by atoms with Crippen LogP contribution in [-0.4, -0.2) is 45.3 Å². The standard InChI is InChI=1S/C30H34O5/c1-21(19-22-13-7-4-8-14-22)29(31)34-20-25-28(32-2)26(23-15-9-5-10-16-23)27(30(33-3)35-25)24-17-11-6-12-18-24/h4-18,21,25-28,30H,19-20H2,1-3H3/t21-,25?,26+,27?,28+,30+/m0/s1. The second-order valence-electron chi connectivity index (χ2n) is 9.07. The minimum Gasteiger partial charge on any atom is -0.463 e. The highest BCUT2D eigenvalue weighted by atomic mass is 16.7. The Balaban J connectivity index is 1.55. The lowest BCUT2D eigenvalue weighted by atomic mass is 9.74. The molecule has 0 radical (unpaired) electrons. The summed E-state index contributed by atoms with van der Waals surface area (Å²) in [6.45, 7) is 1.99. The summed E-state index contributed by atoms with van der Waals surface area (Å²) in [7, 11) is 3.34. The lowest BCUT2D eigenvalue weighted by Crippen LogP contribution is -2.52. The van der Waals surface area contributed by atoms with Gasteiger partial charge in [0.15, 0.2) is 6.29 Å². The van der Waals surface area contributed by atoms with Crippen molar-refractivity contribution in [1.29, 1.82) is 0 Å². The molecule has 1 heterocycles. The quantitative estimate of drug-likeness (QED) is 0.391. The molecule has 0 N–H and O–H groups in total. The van der Waals surface area contributed by atoms with Gasteiger partial charge in [-0.1, -0.05) is 97.9 Å². The van der Waals surface area contributed by atoms with Gasteiger partial charge in [-0.2, -0.15) is 0 Å². The molecule has 5 nitrogen and oxygen atoms in total. The van der Waals surface area contributed by atoms with Crippen molar-refractivity contribution in [2.75, 3.05) is 20.8 Å². The summed E-state index contributed by atoms with van der Waals surface area (Å²) in [6, 6.07) is 30.5. The summed E-state index contributed by atoms with van der Waals surface area (Å²) in [6.07, 6.45) is -0.684. The van der Waals surface area contributed by atoms with Crippen molar-refractivity contribution in [3.8, 4) is 0 Å². The molecule has 184 valence electrons. The fraction of sp³-hybridized carbons (Fsp3) is 0.367. The molecule has 1 fully saturated rings. The fourth-order valence-corrected chi connectivity index (χ4v) is 5.04. The minimum atomic E-state index is -0.514. The Morgan fingerprint density at radius 2 is 1.34 bits per heavy atom. The van der Waals surface area contributed by atoms with Crippen molar-refractivity contribution >= 4 is 5.97 Å². The van der Waals surface area contributed by atoms with Gasteiger partial charge < -0.3 is 18.9 Å². The number of hydrogen-bond donors (Lipinski definition) is 0. The average Bonchev–Trinajstić information content (AvgIpc) is 2.92. The summed E-state index contributed by atoms with van der Waals surface area (Å²) < 4.78 is 24.0. The van der Waals surface area contributed by atoms with Gasteiger partial charge in [0.2, 0.25) is 0 Å². The zero-order valence-electron chi connectivity index (χ0n) is 20.6.